The average molecular weight is 274 g/mol. The first-order chi connectivity index (χ1) is 9.24. The van der Waals surface area contributed by atoms with E-state index >= 15 is 0 Å². The minimum absolute atomic E-state index is 0.0944. The molecule has 0 radical (unpaired) electrons. The molecule has 0 fully saturated rings. The van der Waals surface area contributed by atoms with Crippen molar-refractivity contribution in [1.29, 1.82) is 0 Å². The van der Waals surface area contributed by atoms with E-state index in [2.05, 4.69) is 23.2 Å². The fourth-order valence-corrected chi connectivity index (χ4v) is 3.36. The highest BCUT2D eigenvalue weighted by molar-refractivity contribution is 7.09. The van der Waals surface area contributed by atoms with Gasteiger partial charge in [-0.05, 0) is 37.0 Å². The summed E-state index contributed by atoms with van der Waals surface area (Å²) in [5.41, 5.74) is 11.9. The molecule has 3 rings (SSSR count). The minimum atomic E-state index is 0.0944. The van der Waals surface area contributed by atoms with Gasteiger partial charge in [0.05, 0.1) is 17.8 Å². The second-order valence-corrected chi connectivity index (χ2v) is 5.87. The Morgan fingerprint density at radius 1 is 1.47 bits per heavy atom. The summed E-state index contributed by atoms with van der Waals surface area (Å²) in [7, 11) is 0. The molecular weight excluding hydrogens is 256 g/mol. The second-order valence-electron chi connectivity index (χ2n) is 4.99. The van der Waals surface area contributed by atoms with Crippen molar-refractivity contribution in [3.63, 3.8) is 0 Å². The number of thiazole rings is 1. The van der Waals surface area contributed by atoms with Crippen LogP contribution in [0.2, 0.25) is 0 Å². The highest BCUT2D eigenvalue weighted by Gasteiger charge is 2.14. The van der Waals surface area contributed by atoms with E-state index in [-0.39, 0.29) is 6.04 Å². The zero-order valence-electron chi connectivity index (χ0n) is 11.1. The molecule has 0 bridgehead atoms. The molecule has 1 aromatic carbocycles. The number of rotatable bonds is 4. The molecule has 2 heterocycles. The molecule has 1 aromatic heterocycles. The molecule has 0 amide bonds. The summed E-state index contributed by atoms with van der Waals surface area (Å²) in [6, 6.07) is 6.59. The summed E-state index contributed by atoms with van der Waals surface area (Å²) in [5.74, 6) is 1.05. The van der Waals surface area contributed by atoms with Gasteiger partial charge in [-0.15, -0.1) is 11.3 Å². The molecule has 0 saturated carbocycles. The predicted octanol–water partition coefficient (Wildman–Crippen LogP) is 3.02. The third kappa shape index (κ3) is 2.65. The Morgan fingerprint density at radius 3 is 3.16 bits per heavy atom. The van der Waals surface area contributed by atoms with E-state index in [9.17, 15) is 0 Å². The molecule has 1 aliphatic rings. The van der Waals surface area contributed by atoms with Crippen LogP contribution in [0, 0.1) is 6.92 Å². The fraction of sp³-hybridized carbons (Fsp3) is 0.400. The lowest BCUT2D eigenvalue weighted by atomic mass is 10.0. The van der Waals surface area contributed by atoms with Crippen LogP contribution in [0.5, 0.6) is 5.75 Å². The number of hydrogen-bond donors (Lipinski definition) is 1. The highest BCUT2D eigenvalue weighted by atomic mass is 32.1. The number of benzene rings is 1. The van der Waals surface area contributed by atoms with Crippen LogP contribution in [0.4, 0.5) is 0 Å². The Balaban J connectivity index is 1.65. The van der Waals surface area contributed by atoms with E-state index in [0.717, 1.165) is 37.3 Å². The summed E-state index contributed by atoms with van der Waals surface area (Å²) in [6.07, 6.45) is 3.00. The van der Waals surface area contributed by atoms with Gasteiger partial charge in [0.2, 0.25) is 0 Å². The highest BCUT2D eigenvalue weighted by Crippen LogP contribution is 2.28. The molecule has 1 aliphatic heterocycles. The number of nitrogens with zero attached hydrogens (tertiary/aromatic N) is 1. The first kappa shape index (κ1) is 12.6. The summed E-state index contributed by atoms with van der Waals surface area (Å²) in [4.78, 5) is 5.47. The zero-order chi connectivity index (χ0) is 13.2. The monoisotopic (exact) mass is 274 g/mol. The number of aryl methyl sites for hydroxylation is 2. The van der Waals surface area contributed by atoms with Crippen molar-refractivity contribution >= 4 is 11.3 Å². The third-order valence-corrected chi connectivity index (χ3v) is 4.68. The Bertz CT molecular complexity index is 579. The van der Waals surface area contributed by atoms with Crippen LogP contribution in [0.3, 0.4) is 0 Å². The fourth-order valence-electron chi connectivity index (χ4n) is 2.52. The molecule has 0 spiro atoms. The average Bonchev–Trinajstić information content (AvgIpc) is 3.03. The number of hydrogen-bond acceptors (Lipinski definition) is 4. The zero-order valence-corrected chi connectivity index (χ0v) is 11.9. The molecule has 1 unspecified atom stereocenters. The summed E-state index contributed by atoms with van der Waals surface area (Å²) in [5, 5.41) is 0. The van der Waals surface area contributed by atoms with Gasteiger partial charge in [0, 0.05) is 17.3 Å². The van der Waals surface area contributed by atoms with Crippen molar-refractivity contribution in [1.82, 2.24) is 4.98 Å². The smallest absolute Gasteiger partial charge is 0.122 e. The van der Waals surface area contributed by atoms with Gasteiger partial charge in [-0.1, -0.05) is 12.1 Å². The van der Waals surface area contributed by atoms with E-state index in [1.807, 2.05) is 12.4 Å². The van der Waals surface area contributed by atoms with Crippen molar-refractivity contribution in [2.45, 2.75) is 32.2 Å². The molecule has 0 saturated heterocycles. The molecule has 1 atom stereocenters. The topological polar surface area (TPSA) is 48.1 Å². The van der Waals surface area contributed by atoms with Crippen LogP contribution < -0.4 is 10.5 Å². The van der Waals surface area contributed by atoms with Crippen LogP contribution in [-0.2, 0) is 12.8 Å². The molecule has 3 nitrogen and oxygen atoms in total. The van der Waals surface area contributed by atoms with Gasteiger partial charge in [-0.25, -0.2) is 4.98 Å². The van der Waals surface area contributed by atoms with Crippen molar-refractivity contribution in [2.75, 3.05) is 6.61 Å². The van der Waals surface area contributed by atoms with Gasteiger partial charge < -0.3 is 10.5 Å². The normalized spacial score (nSPS) is 15.1. The Labute approximate surface area is 117 Å². The Kier molecular flexibility index (Phi) is 3.53. The molecule has 4 heteroatoms. The molecular formula is C15H18N2OS. The maximum atomic E-state index is 6.25. The predicted molar refractivity (Wildman–Crippen MR) is 77.7 cm³/mol. The number of fused-ring (bicyclic) bond motifs is 1. The maximum Gasteiger partial charge on any atom is 0.122 e. The number of nitrogens with two attached hydrogens (primary N) is 1. The molecule has 100 valence electrons. The lowest BCUT2D eigenvalue weighted by Crippen LogP contribution is -2.11. The van der Waals surface area contributed by atoms with Gasteiger partial charge in [-0.3, -0.25) is 0 Å². The first-order valence-corrected chi connectivity index (χ1v) is 7.52. The van der Waals surface area contributed by atoms with E-state index in [4.69, 9.17) is 10.5 Å². The van der Waals surface area contributed by atoms with Crippen LogP contribution in [0.15, 0.2) is 23.7 Å². The summed E-state index contributed by atoms with van der Waals surface area (Å²) in [6.45, 7) is 2.84. The summed E-state index contributed by atoms with van der Waals surface area (Å²) < 4.78 is 5.52. The van der Waals surface area contributed by atoms with E-state index < -0.39 is 0 Å². The molecule has 2 aromatic rings. The van der Waals surface area contributed by atoms with Crippen LogP contribution in [0.1, 0.15) is 34.2 Å². The number of aromatic nitrogens is 1. The first-order valence-electron chi connectivity index (χ1n) is 6.64. The lowest BCUT2D eigenvalue weighted by molar-refractivity contribution is 0.357. The molecule has 0 aliphatic carbocycles. The van der Waals surface area contributed by atoms with E-state index in [1.165, 1.54) is 16.0 Å². The third-order valence-electron chi connectivity index (χ3n) is 3.62. The van der Waals surface area contributed by atoms with Crippen molar-refractivity contribution < 1.29 is 4.74 Å². The van der Waals surface area contributed by atoms with Crippen molar-refractivity contribution in [3.05, 3.63) is 45.4 Å². The quantitative estimate of drug-likeness (QED) is 0.932. The Morgan fingerprint density at radius 2 is 2.37 bits per heavy atom. The van der Waals surface area contributed by atoms with Crippen LogP contribution in [-0.4, -0.2) is 11.6 Å². The van der Waals surface area contributed by atoms with Crippen LogP contribution in [0.25, 0.3) is 0 Å². The standard InChI is InChI=1S/C15H18N2OS/c1-10-15(19-9-17-10)13(16)4-2-11-3-5-14-12(8-11)6-7-18-14/h3,5,8-9,13H,2,4,6-7,16H2,1H3. The van der Waals surface area contributed by atoms with Gasteiger partial charge in [0.15, 0.2) is 0 Å². The second kappa shape index (κ2) is 5.31. The number of ether oxygens (including phenoxy) is 1. The van der Waals surface area contributed by atoms with Gasteiger partial charge >= 0.3 is 0 Å². The van der Waals surface area contributed by atoms with Gasteiger partial charge in [0.25, 0.3) is 0 Å². The lowest BCUT2D eigenvalue weighted by Gasteiger charge is -2.11. The van der Waals surface area contributed by atoms with Crippen LogP contribution >= 0.6 is 11.3 Å². The molecule has 19 heavy (non-hydrogen) atoms. The van der Waals surface area contributed by atoms with Gasteiger partial charge in [0.1, 0.15) is 5.75 Å². The SMILES string of the molecule is Cc1ncsc1C(N)CCc1ccc2c(c1)CCO2. The van der Waals surface area contributed by atoms with E-state index in [1.54, 1.807) is 11.3 Å². The molecule has 2 N–H and O–H groups in total. The maximum absolute atomic E-state index is 6.25. The largest absolute Gasteiger partial charge is 0.493 e. The van der Waals surface area contributed by atoms with Gasteiger partial charge in [-0.2, -0.15) is 0 Å². The Hall–Kier alpha value is -1.39. The summed E-state index contributed by atoms with van der Waals surface area (Å²) >= 11 is 1.66. The van der Waals surface area contributed by atoms with E-state index in [0.29, 0.717) is 0 Å². The van der Waals surface area contributed by atoms with Crippen molar-refractivity contribution in [3.8, 4) is 5.75 Å². The van der Waals surface area contributed by atoms with Crippen molar-refractivity contribution in [2.24, 2.45) is 5.73 Å². The minimum Gasteiger partial charge on any atom is -0.493 e.